The molecule has 0 saturated heterocycles. The van der Waals surface area contributed by atoms with Crippen LogP contribution < -0.4 is 5.32 Å². The smallest absolute Gasteiger partial charge is 0.247 e. The van der Waals surface area contributed by atoms with Gasteiger partial charge in [-0.25, -0.2) is 17.3 Å². The average molecular weight is 382 g/mol. The van der Waals surface area contributed by atoms with Crippen LogP contribution in [0.4, 0.5) is 16.0 Å². The van der Waals surface area contributed by atoms with Crippen molar-refractivity contribution in [1.29, 1.82) is 0 Å². The normalized spacial score (nSPS) is 11.6. The summed E-state index contributed by atoms with van der Waals surface area (Å²) in [5.41, 5.74) is 2.68. The summed E-state index contributed by atoms with van der Waals surface area (Å²) < 4.78 is 38.4. The fourth-order valence-corrected chi connectivity index (χ4v) is 3.39. The van der Waals surface area contributed by atoms with Crippen LogP contribution in [0.25, 0.3) is 16.9 Å². The maximum absolute atomic E-state index is 13.0. The minimum Gasteiger partial charge on any atom is -0.323 e. The fourth-order valence-electron chi connectivity index (χ4n) is 2.73. The van der Waals surface area contributed by atoms with Gasteiger partial charge in [0.25, 0.3) is 0 Å². The standard InChI is InChI=1S/C19H15FN4O2S/c1-27(25,26)16-5-2-4-13(12-16)17-6-3-7-18-22-19(23-24(17)18)21-15-10-8-14(20)9-11-15/h2-12H,1H3,(H,21,23). The van der Waals surface area contributed by atoms with Crippen LogP contribution >= 0.6 is 0 Å². The maximum atomic E-state index is 13.0. The van der Waals surface area contributed by atoms with E-state index in [4.69, 9.17) is 0 Å². The quantitative estimate of drug-likeness (QED) is 0.583. The van der Waals surface area contributed by atoms with Crippen LogP contribution in [0.1, 0.15) is 0 Å². The number of hydrogen-bond acceptors (Lipinski definition) is 5. The number of hydrogen-bond donors (Lipinski definition) is 1. The zero-order chi connectivity index (χ0) is 19.0. The summed E-state index contributed by atoms with van der Waals surface area (Å²) in [4.78, 5) is 4.65. The summed E-state index contributed by atoms with van der Waals surface area (Å²) in [5.74, 6) is 0.0323. The zero-order valence-corrected chi connectivity index (χ0v) is 15.1. The molecule has 2 heterocycles. The van der Waals surface area contributed by atoms with Crippen molar-refractivity contribution < 1.29 is 12.8 Å². The Morgan fingerprint density at radius 2 is 1.74 bits per heavy atom. The second-order valence-electron chi connectivity index (χ2n) is 6.05. The average Bonchev–Trinajstić information content (AvgIpc) is 3.05. The number of benzene rings is 2. The maximum Gasteiger partial charge on any atom is 0.247 e. The molecule has 0 aliphatic heterocycles. The van der Waals surface area contributed by atoms with Gasteiger partial charge in [0.05, 0.1) is 10.6 Å². The Bertz CT molecular complexity index is 1230. The molecule has 0 saturated carbocycles. The molecule has 0 radical (unpaired) electrons. The Balaban J connectivity index is 1.77. The molecular formula is C19H15FN4O2S. The number of rotatable bonds is 4. The van der Waals surface area contributed by atoms with Crippen LogP contribution in [-0.2, 0) is 9.84 Å². The van der Waals surface area contributed by atoms with Crippen molar-refractivity contribution in [3.05, 3.63) is 72.5 Å². The van der Waals surface area contributed by atoms with Crippen molar-refractivity contribution in [1.82, 2.24) is 14.6 Å². The first-order valence-electron chi connectivity index (χ1n) is 8.09. The molecule has 1 N–H and O–H groups in total. The number of nitrogens with one attached hydrogen (secondary N) is 1. The lowest BCUT2D eigenvalue weighted by atomic mass is 10.1. The highest BCUT2D eigenvalue weighted by Crippen LogP contribution is 2.24. The van der Waals surface area contributed by atoms with Crippen molar-refractivity contribution in [2.24, 2.45) is 0 Å². The summed E-state index contributed by atoms with van der Waals surface area (Å²) in [6, 6.07) is 18.0. The van der Waals surface area contributed by atoms with Gasteiger partial charge in [0.15, 0.2) is 15.5 Å². The number of pyridine rings is 1. The van der Waals surface area contributed by atoms with Gasteiger partial charge in [-0.1, -0.05) is 18.2 Å². The van der Waals surface area contributed by atoms with Gasteiger partial charge in [0.1, 0.15) is 5.82 Å². The van der Waals surface area contributed by atoms with Crippen molar-refractivity contribution in [3.63, 3.8) is 0 Å². The monoisotopic (exact) mass is 382 g/mol. The van der Waals surface area contributed by atoms with Crippen molar-refractivity contribution in [2.45, 2.75) is 4.90 Å². The highest BCUT2D eigenvalue weighted by molar-refractivity contribution is 7.90. The molecule has 4 rings (SSSR count). The third-order valence-electron chi connectivity index (χ3n) is 4.02. The lowest BCUT2D eigenvalue weighted by Gasteiger charge is -2.06. The molecule has 0 aliphatic rings. The van der Waals surface area contributed by atoms with Crippen LogP contribution in [0.15, 0.2) is 71.6 Å². The van der Waals surface area contributed by atoms with Crippen LogP contribution in [0.5, 0.6) is 0 Å². The van der Waals surface area contributed by atoms with Crippen LogP contribution in [0, 0.1) is 5.82 Å². The fraction of sp³-hybridized carbons (Fsp3) is 0.0526. The number of anilines is 2. The molecule has 0 atom stereocenters. The molecule has 0 aliphatic carbocycles. The first-order valence-corrected chi connectivity index (χ1v) is 9.98. The molecule has 27 heavy (non-hydrogen) atoms. The van der Waals surface area contributed by atoms with Gasteiger partial charge in [-0.3, -0.25) is 0 Å². The predicted octanol–water partition coefficient (Wildman–Crippen LogP) is 3.68. The molecule has 8 heteroatoms. The second kappa shape index (κ2) is 6.48. The topological polar surface area (TPSA) is 76.4 Å². The number of nitrogens with zero attached hydrogens (tertiary/aromatic N) is 3. The summed E-state index contributed by atoms with van der Waals surface area (Å²) in [5, 5.41) is 7.48. The minimum atomic E-state index is -3.31. The lowest BCUT2D eigenvalue weighted by Crippen LogP contribution is -1.99. The third-order valence-corrected chi connectivity index (χ3v) is 5.13. The summed E-state index contributed by atoms with van der Waals surface area (Å²) >= 11 is 0. The van der Waals surface area contributed by atoms with Crippen LogP contribution in [0.3, 0.4) is 0 Å². The first kappa shape index (κ1) is 17.2. The van der Waals surface area contributed by atoms with Gasteiger partial charge in [0, 0.05) is 17.5 Å². The Morgan fingerprint density at radius 1 is 1.00 bits per heavy atom. The first-order chi connectivity index (χ1) is 12.9. The van der Waals surface area contributed by atoms with Gasteiger partial charge in [0.2, 0.25) is 5.95 Å². The van der Waals surface area contributed by atoms with Gasteiger partial charge < -0.3 is 5.32 Å². The molecule has 6 nitrogen and oxygen atoms in total. The molecule has 4 aromatic rings. The number of sulfone groups is 1. The molecule has 2 aromatic carbocycles. The van der Waals surface area contributed by atoms with Crippen molar-refractivity contribution in [3.8, 4) is 11.3 Å². The third kappa shape index (κ3) is 3.52. The van der Waals surface area contributed by atoms with E-state index in [0.717, 1.165) is 0 Å². The van der Waals surface area contributed by atoms with E-state index in [-0.39, 0.29) is 10.7 Å². The Morgan fingerprint density at radius 3 is 2.48 bits per heavy atom. The van der Waals surface area contributed by atoms with Gasteiger partial charge >= 0.3 is 0 Å². The molecule has 0 fully saturated rings. The summed E-state index contributed by atoms with van der Waals surface area (Å²) in [7, 11) is -3.31. The Labute approximate surface area is 155 Å². The van der Waals surface area contributed by atoms with Gasteiger partial charge in [-0.05, 0) is 48.5 Å². The Hall–Kier alpha value is -3.26. The van der Waals surface area contributed by atoms with E-state index in [9.17, 15) is 12.8 Å². The molecule has 0 spiro atoms. The largest absolute Gasteiger partial charge is 0.323 e. The highest BCUT2D eigenvalue weighted by Gasteiger charge is 2.12. The minimum absolute atomic E-state index is 0.238. The van der Waals surface area contributed by atoms with E-state index < -0.39 is 9.84 Å². The molecular weight excluding hydrogens is 367 g/mol. The van der Waals surface area contributed by atoms with E-state index in [1.807, 2.05) is 18.2 Å². The second-order valence-corrected chi connectivity index (χ2v) is 8.06. The summed E-state index contributed by atoms with van der Waals surface area (Å²) in [6.07, 6.45) is 1.17. The van der Waals surface area contributed by atoms with Crippen molar-refractivity contribution >= 4 is 27.1 Å². The molecule has 0 bridgehead atoms. The summed E-state index contributed by atoms with van der Waals surface area (Å²) in [6.45, 7) is 0. The number of fused-ring (bicyclic) bond motifs is 1. The Kier molecular flexibility index (Phi) is 4.12. The van der Waals surface area contributed by atoms with E-state index in [0.29, 0.717) is 28.5 Å². The number of halogens is 1. The highest BCUT2D eigenvalue weighted by atomic mass is 32.2. The molecule has 2 aromatic heterocycles. The van der Waals surface area contributed by atoms with E-state index in [2.05, 4.69) is 15.4 Å². The SMILES string of the molecule is CS(=O)(=O)c1cccc(-c2cccc3nc(Nc4ccc(F)cc4)nn23)c1. The molecule has 136 valence electrons. The predicted molar refractivity (Wildman–Crippen MR) is 101 cm³/mol. The van der Waals surface area contributed by atoms with E-state index in [1.54, 1.807) is 40.9 Å². The zero-order valence-electron chi connectivity index (χ0n) is 14.3. The van der Waals surface area contributed by atoms with Crippen LogP contribution in [0.2, 0.25) is 0 Å². The molecule has 0 amide bonds. The van der Waals surface area contributed by atoms with E-state index >= 15 is 0 Å². The van der Waals surface area contributed by atoms with Crippen LogP contribution in [-0.4, -0.2) is 29.3 Å². The van der Waals surface area contributed by atoms with E-state index in [1.165, 1.54) is 18.4 Å². The van der Waals surface area contributed by atoms with Gasteiger partial charge in [-0.15, -0.1) is 5.10 Å². The van der Waals surface area contributed by atoms with Crippen molar-refractivity contribution in [2.75, 3.05) is 11.6 Å². The lowest BCUT2D eigenvalue weighted by molar-refractivity contribution is 0.602. The molecule has 0 unspecified atom stereocenters. The number of aromatic nitrogens is 3. The van der Waals surface area contributed by atoms with Gasteiger partial charge in [-0.2, -0.15) is 4.98 Å².